The first-order chi connectivity index (χ1) is 9.60. The molecule has 0 saturated carbocycles. The van der Waals surface area contributed by atoms with Gasteiger partial charge >= 0.3 is 5.69 Å². The number of nitrogens with zero attached hydrogens (tertiary/aromatic N) is 1. The monoisotopic (exact) mass is 292 g/mol. The zero-order valence-corrected chi connectivity index (χ0v) is 11.6. The summed E-state index contributed by atoms with van der Waals surface area (Å²) in [6.07, 6.45) is 0. The number of rotatable bonds is 5. The van der Waals surface area contributed by atoms with E-state index in [1.165, 1.54) is 13.2 Å². The van der Waals surface area contributed by atoms with E-state index in [9.17, 15) is 10.1 Å². The molecule has 0 aromatic heterocycles. The normalized spacial score (nSPS) is 10.1. The Kier molecular flexibility index (Phi) is 4.42. The van der Waals surface area contributed by atoms with Crippen LogP contribution < -0.4 is 10.1 Å². The van der Waals surface area contributed by atoms with E-state index in [4.69, 9.17) is 16.3 Å². The van der Waals surface area contributed by atoms with Crippen molar-refractivity contribution in [2.45, 2.75) is 6.54 Å². The Hall–Kier alpha value is -2.27. The van der Waals surface area contributed by atoms with E-state index in [-0.39, 0.29) is 11.4 Å². The summed E-state index contributed by atoms with van der Waals surface area (Å²) in [6, 6.07) is 12.2. The van der Waals surface area contributed by atoms with Crippen LogP contribution in [0.4, 0.5) is 11.4 Å². The molecule has 104 valence electrons. The topological polar surface area (TPSA) is 64.4 Å². The van der Waals surface area contributed by atoms with E-state index in [0.717, 1.165) is 5.56 Å². The lowest BCUT2D eigenvalue weighted by atomic mass is 10.2. The molecule has 0 bridgehead atoms. The third-order valence-electron chi connectivity index (χ3n) is 2.76. The highest BCUT2D eigenvalue weighted by molar-refractivity contribution is 6.30. The van der Waals surface area contributed by atoms with E-state index in [0.29, 0.717) is 17.3 Å². The fourth-order valence-corrected chi connectivity index (χ4v) is 2.01. The average Bonchev–Trinajstić information content (AvgIpc) is 2.45. The SMILES string of the molecule is COc1ccc(NCc2cccc(Cl)c2)cc1[N+](=O)[O-]. The van der Waals surface area contributed by atoms with Crippen LogP contribution in [-0.2, 0) is 6.54 Å². The lowest BCUT2D eigenvalue weighted by Crippen LogP contribution is -2.01. The van der Waals surface area contributed by atoms with Gasteiger partial charge in [-0.1, -0.05) is 23.7 Å². The van der Waals surface area contributed by atoms with E-state index < -0.39 is 4.92 Å². The lowest BCUT2D eigenvalue weighted by molar-refractivity contribution is -0.385. The predicted molar refractivity (Wildman–Crippen MR) is 78.4 cm³/mol. The Bertz CT molecular complexity index is 632. The van der Waals surface area contributed by atoms with E-state index in [2.05, 4.69) is 5.32 Å². The summed E-state index contributed by atoms with van der Waals surface area (Å²) in [6.45, 7) is 0.532. The molecule has 0 unspecified atom stereocenters. The summed E-state index contributed by atoms with van der Waals surface area (Å²) in [7, 11) is 1.40. The quantitative estimate of drug-likeness (QED) is 0.671. The first-order valence-corrected chi connectivity index (χ1v) is 6.28. The van der Waals surface area contributed by atoms with Crippen molar-refractivity contribution < 1.29 is 9.66 Å². The molecule has 2 aromatic carbocycles. The van der Waals surface area contributed by atoms with Gasteiger partial charge in [0, 0.05) is 23.3 Å². The van der Waals surface area contributed by atoms with Crippen LogP contribution in [0.5, 0.6) is 5.75 Å². The first-order valence-electron chi connectivity index (χ1n) is 5.91. The highest BCUT2D eigenvalue weighted by atomic mass is 35.5. The summed E-state index contributed by atoms with van der Waals surface area (Å²) in [5, 5.41) is 14.7. The molecule has 0 amide bonds. The highest BCUT2D eigenvalue weighted by Crippen LogP contribution is 2.29. The fourth-order valence-electron chi connectivity index (χ4n) is 1.79. The van der Waals surface area contributed by atoms with Crippen molar-refractivity contribution in [2.75, 3.05) is 12.4 Å². The maximum absolute atomic E-state index is 10.9. The summed E-state index contributed by atoms with van der Waals surface area (Å²) in [5.41, 5.74) is 1.58. The summed E-state index contributed by atoms with van der Waals surface area (Å²) >= 11 is 5.90. The minimum absolute atomic E-state index is 0.0661. The Morgan fingerprint density at radius 2 is 2.10 bits per heavy atom. The molecule has 0 aliphatic heterocycles. The predicted octanol–water partition coefficient (Wildman–Crippen LogP) is 3.87. The molecular weight excluding hydrogens is 280 g/mol. The van der Waals surface area contributed by atoms with Gasteiger partial charge in [-0.05, 0) is 29.8 Å². The van der Waals surface area contributed by atoms with Gasteiger partial charge in [0.1, 0.15) is 0 Å². The number of hydrogen-bond donors (Lipinski definition) is 1. The van der Waals surface area contributed by atoms with Crippen LogP contribution in [0.15, 0.2) is 42.5 Å². The maximum atomic E-state index is 10.9. The minimum atomic E-state index is -0.469. The molecule has 5 nitrogen and oxygen atoms in total. The standard InChI is InChI=1S/C14H13ClN2O3/c1-20-14-6-5-12(8-13(14)17(18)19)16-9-10-3-2-4-11(15)7-10/h2-8,16H,9H2,1H3. The molecule has 0 aliphatic rings. The zero-order valence-electron chi connectivity index (χ0n) is 10.8. The number of nitro groups is 1. The molecule has 0 spiro atoms. The van der Waals surface area contributed by atoms with Crippen molar-refractivity contribution in [2.24, 2.45) is 0 Å². The van der Waals surface area contributed by atoms with Gasteiger partial charge in [0.25, 0.3) is 0 Å². The molecule has 0 aliphatic carbocycles. The van der Waals surface area contributed by atoms with E-state index in [1.54, 1.807) is 18.2 Å². The van der Waals surface area contributed by atoms with Crippen molar-refractivity contribution in [1.29, 1.82) is 0 Å². The molecule has 2 rings (SSSR count). The summed E-state index contributed by atoms with van der Waals surface area (Å²) in [5.74, 6) is 0.239. The van der Waals surface area contributed by atoms with Crippen molar-refractivity contribution in [3.8, 4) is 5.75 Å². The van der Waals surface area contributed by atoms with Gasteiger partial charge in [-0.3, -0.25) is 10.1 Å². The molecule has 0 heterocycles. The molecule has 6 heteroatoms. The summed E-state index contributed by atoms with van der Waals surface area (Å²) < 4.78 is 4.95. The van der Waals surface area contributed by atoms with Gasteiger partial charge in [0.2, 0.25) is 0 Å². The molecule has 0 fully saturated rings. The third-order valence-corrected chi connectivity index (χ3v) is 3.00. The van der Waals surface area contributed by atoms with Crippen molar-refractivity contribution in [3.63, 3.8) is 0 Å². The van der Waals surface area contributed by atoms with Gasteiger partial charge < -0.3 is 10.1 Å². The average molecular weight is 293 g/mol. The molecular formula is C14H13ClN2O3. The molecule has 0 atom stereocenters. The van der Waals surface area contributed by atoms with E-state index >= 15 is 0 Å². The van der Waals surface area contributed by atoms with Crippen LogP contribution in [-0.4, -0.2) is 12.0 Å². The number of hydrogen-bond acceptors (Lipinski definition) is 4. The smallest absolute Gasteiger partial charge is 0.312 e. The van der Waals surface area contributed by atoms with Crippen molar-refractivity contribution >= 4 is 23.0 Å². The fraction of sp³-hybridized carbons (Fsp3) is 0.143. The van der Waals surface area contributed by atoms with Crippen LogP contribution in [0.2, 0.25) is 5.02 Å². The van der Waals surface area contributed by atoms with Crippen LogP contribution in [0.25, 0.3) is 0 Å². The Morgan fingerprint density at radius 1 is 1.30 bits per heavy atom. The van der Waals surface area contributed by atoms with Crippen LogP contribution in [0.1, 0.15) is 5.56 Å². The largest absolute Gasteiger partial charge is 0.490 e. The molecule has 0 radical (unpaired) electrons. The second-order valence-electron chi connectivity index (χ2n) is 4.13. The van der Waals surface area contributed by atoms with Gasteiger partial charge in [0.05, 0.1) is 12.0 Å². The molecule has 2 aromatic rings. The van der Waals surface area contributed by atoms with Gasteiger partial charge in [-0.15, -0.1) is 0 Å². The van der Waals surface area contributed by atoms with Crippen molar-refractivity contribution in [1.82, 2.24) is 0 Å². The second-order valence-corrected chi connectivity index (χ2v) is 4.56. The number of anilines is 1. The Morgan fingerprint density at radius 3 is 2.75 bits per heavy atom. The summed E-state index contributed by atoms with van der Waals surface area (Å²) in [4.78, 5) is 10.5. The number of benzene rings is 2. The maximum Gasteiger partial charge on any atom is 0.312 e. The molecule has 1 N–H and O–H groups in total. The number of ether oxygens (including phenoxy) is 1. The van der Waals surface area contributed by atoms with Crippen LogP contribution in [0, 0.1) is 10.1 Å². The third kappa shape index (κ3) is 3.39. The molecule has 0 saturated heterocycles. The van der Waals surface area contributed by atoms with Crippen LogP contribution >= 0.6 is 11.6 Å². The lowest BCUT2D eigenvalue weighted by Gasteiger charge is -2.08. The van der Waals surface area contributed by atoms with Crippen molar-refractivity contribution in [3.05, 3.63) is 63.2 Å². The number of methoxy groups -OCH3 is 1. The number of halogens is 1. The van der Waals surface area contributed by atoms with Gasteiger partial charge in [0.15, 0.2) is 5.75 Å². The molecule has 20 heavy (non-hydrogen) atoms. The highest BCUT2D eigenvalue weighted by Gasteiger charge is 2.14. The number of nitrogens with one attached hydrogen (secondary N) is 1. The Labute approximate surface area is 121 Å². The van der Waals surface area contributed by atoms with Crippen LogP contribution in [0.3, 0.4) is 0 Å². The first kappa shape index (κ1) is 14.1. The zero-order chi connectivity index (χ0) is 14.5. The van der Waals surface area contributed by atoms with Gasteiger partial charge in [-0.2, -0.15) is 0 Å². The minimum Gasteiger partial charge on any atom is -0.490 e. The van der Waals surface area contributed by atoms with E-state index in [1.807, 2.05) is 18.2 Å². The second kappa shape index (κ2) is 6.25. The Balaban J connectivity index is 2.14. The number of nitro benzene ring substituents is 1. The van der Waals surface area contributed by atoms with Gasteiger partial charge in [-0.25, -0.2) is 0 Å².